The molecule has 5 aromatic rings. The summed E-state index contributed by atoms with van der Waals surface area (Å²) in [6, 6.07) is 34.0. The molecule has 2 N–H and O–H groups in total. The average molecular weight is 479 g/mol. The molecule has 6 nitrogen and oxygen atoms in total. The maximum atomic E-state index is 11.2. The highest BCUT2D eigenvalue weighted by Gasteiger charge is 2.09. The largest absolute Gasteiger partial charge is 0.457 e. The molecule has 7 heteroatoms. The first-order chi connectivity index (χ1) is 17.1. The van der Waals surface area contributed by atoms with E-state index < -0.39 is 0 Å². The van der Waals surface area contributed by atoms with Gasteiger partial charge in [0.25, 0.3) is 0 Å². The van der Waals surface area contributed by atoms with Crippen LogP contribution in [0.1, 0.15) is 6.92 Å². The van der Waals surface area contributed by atoms with Gasteiger partial charge in [-0.15, -0.1) is 10.2 Å². The molecule has 0 spiro atoms. The smallest absolute Gasteiger partial charge is 0.223 e. The Morgan fingerprint density at radius 2 is 1.40 bits per heavy atom. The number of hydrogen-bond donors (Lipinski definition) is 2. The van der Waals surface area contributed by atoms with E-state index in [9.17, 15) is 4.79 Å². The molecule has 0 aliphatic carbocycles. The van der Waals surface area contributed by atoms with Crippen molar-refractivity contribution in [3.8, 4) is 33.2 Å². The van der Waals surface area contributed by atoms with Crippen LogP contribution in [-0.2, 0) is 4.79 Å². The van der Waals surface area contributed by atoms with Crippen molar-refractivity contribution in [2.24, 2.45) is 0 Å². The Labute approximate surface area is 207 Å². The predicted molar refractivity (Wildman–Crippen MR) is 141 cm³/mol. The summed E-state index contributed by atoms with van der Waals surface area (Å²) in [7, 11) is 0. The number of benzene rings is 4. The van der Waals surface area contributed by atoms with Crippen LogP contribution in [0.5, 0.6) is 11.5 Å². The molecule has 0 atom stereocenters. The molecule has 1 heterocycles. The third-order valence-corrected chi connectivity index (χ3v) is 6.08. The highest BCUT2D eigenvalue weighted by molar-refractivity contribution is 7.18. The highest BCUT2D eigenvalue weighted by atomic mass is 32.1. The first-order valence-corrected chi connectivity index (χ1v) is 11.9. The van der Waals surface area contributed by atoms with Crippen LogP contribution in [0.25, 0.3) is 21.7 Å². The molecule has 0 saturated carbocycles. The molecule has 5 rings (SSSR count). The van der Waals surface area contributed by atoms with Gasteiger partial charge in [0.1, 0.15) is 16.5 Å². The Hall–Kier alpha value is -4.49. The van der Waals surface area contributed by atoms with Crippen molar-refractivity contribution in [1.29, 1.82) is 0 Å². The van der Waals surface area contributed by atoms with Gasteiger partial charge in [0.2, 0.25) is 11.0 Å². The van der Waals surface area contributed by atoms with Crippen LogP contribution in [0.15, 0.2) is 103 Å². The Morgan fingerprint density at radius 3 is 2.14 bits per heavy atom. The Balaban J connectivity index is 1.31. The van der Waals surface area contributed by atoms with Gasteiger partial charge in [-0.1, -0.05) is 59.9 Å². The maximum absolute atomic E-state index is 11.2. The number of hydrogen-bond acceptors (Lipinski definition) is 6. The number of carbonyl (C=O) groups is 1. The number of amides is 1. The van der Waals surface area contributed by atoms with Gasteiger partial charge in [0.05, 0.1) is 0 Å². The molecule has 1 aromatic heterocycles. The molecule has 0 aliphatic rings. The summed E-state index contributed by atoms with van der Waals surface area (Å²) in [5, 5.41) is 15.6. The summed E-state index contributed by atoms with van der Waals surface area (Å²) in [5.41, 5.74) is 5.07. The van der Waals surface area contributed by atoms with E-state index in [4.69, 9.17) is 4.74 Å². The Bertz CT molecular complexity index is 1430. The second-order valence-corrected chi connectivity index (χ2v) is 8.76. The van der Waals surface area contributed by atoms with Crippen molar-refractivity contribution in [2.45, 2.75) is 6.92 Å². The number of carbonyl (C=O) groups excluding carboxylic acids is 1. The first kappa shape index (κ1) is 22.3. The molecular weight excluding hydrogens is 456 g/mol. The summed E-state index contributed by atoms with van der Waals surface area (Å²) in [6.07, 6.45) is 0. The minimum atomic E-state index is -0.163. The Morgan fingerprint density at radius 1 is 0.743 bits per heavy atom. The van der Waals surface area contributed by atoms with Gasteiger partial charge in [0, 0.05) is 29.4 Å². The summed E-state index contributed by atoms with van der Waals surface area (Å²) < 4.78 is 5.92. The second kappa shape index (κ2) is 10.2. The topological polar surface area (TPSA) is 76.1 Å². The molecular formula is C28H22N4O2S. The third kappa shape index (κ3) is 5.54. The minimum Gasteiger partial charge on any atom is -0.457 e. The fraction of sp³-hybridized carbons (Fsp3) is 0.0357. The number of rotatable bonds is 7. The van der Waals surface area contributed by atoms with E-state index in [1.165, 1.54) is 18.3 Å². The monoisotopic (exact) mass is 478 g/mol. The summed E-state index contributed by atoms with van der Waals surface area (Å²) in [6.45, 7) is 1.45. The van der Waals surface area contributed by atoms with Gasteiger partial charge >= 0.3 is 0 Å². The summed E-state index contributed by atoms with van der Waals surface area (Å²) >= 11 is 1.34. The normalized spacial score (nSPS) is 10.5. The van der Waals surface area contributed by atoms with Crippen LogP contribution in [0, 0.1) is 0 Å². The molecule has 172 valence electrons. The molecule has 35 heavy (non-hydrogen) atoms. The summed E-state index contributed by atoms with van der Waals surface area (Å²) in [4.78, 5) is 11.2. The number of anilines is 3. The van der Waals surface area contributed by atoms with E-state index >= 15 is 0 Å². The van der Waals surface area contributed by atoms with Gasteiger partial charge in [-0.3, -0.25) is 4.79 Å². The molecule has 0 radical (unpaired) electrons. The molecule has 0 unspecified atom stereocenters. The SMILES string of the molecule is CC(=O)Nc1nnc(-c2ccc(Nc3ccccc3-c3ccc(Oc4ccccc4)cc3)cc2)s1. The maximum Gasteiger partial charge on any atom is 0.223 e. The van der Waals surface area contributed by atoms with Gasteiger partial charge in [-0.25, -0.2) is 0 Å². The lowest BCUT2D eigenvalue weighted by atomic mass is 10.0. The number of nitrogens with zero attached hydrogens (tertiary/aromatic N) is 2. The third-order valence-electron chi connectivity index (χ3n) is 5.19. The van der Waals surface area contributed by atoms with Crippen molar-refractivity contribution in [3.63, 3.8) is 0 Å². The lowest BCUT2D eigenvalue weighted by Gasteiger charge is -2.13. The molecule has 0 bridgehead atoms. The molecule has 1 amide bonds. The van der Waals surface area contributed by atoms with Gasteiger partial charge in [-0.2, -0.15) is 0 Å². The number of ether oxygens (including phenoxy) is 1. The highest BCUT2D eigenvalue weighted by Crippen LogP contribution is 2.33. The van der Waals surface area contributed by atoms with Gasteiger partial charge in [-0.05, 0) is 60.2 Å². The minimum absolute atomic E-state index is 0.163. The Kier molecular flexibility index (Phi) is 6.50. The molecule has 0 aliphatic heterocycles. The van der Waals surface area contributed by atoms with Gasteiger partial charge in [0.15, 0.2) is 0 Å². The van der Waals surface area contributed by atoms with Crippen molar-refractivity contribution < 1.29 is 9.53 Å². The van der Waals surface area contributed by atoms with E-state index in [-0.39, 0.29) is 5.91 Å². The zero-order chi connectivity index (χ0) is 24.0. The number of para-hydroxylation sites is 2. The van der Waals surface area contributed by atoms with Crippen molar-refractivity contribution in [3.05, 3.63) is 103 Å². The fourth-order valence-electron chi connectivity index (χ4n) is 3.56. The van der Waals surface area contributed by atoms with E-state index in [0.29, 0.717) is 5.13 Å². The number of nitrogens with one attached hydrogen (secondary N) is 2. The molecule has 0 fully saturated rings. The standard InChI is InChI=1S/C28H22N4O2S/c1-19(33)29-28-32-31-27(35-28)21-11-15-22(16-12-21)30-26-10-6-5-9-25(26)20-13-17-24(18-14-20)34-23-7-3-2-4-8-23/h2-18,30H,1H3,(H,29,32,33). The summed E-state index contributed by atoms with van der Waals surface area (Å²) in [5.74, 6) is 1.44. The van der Waals surface area contributed by atoms with Crippen LogP contribution in [-0.4, -0.2) is 16.1 Å². The van der Waals surface area contributed by atoms with Crippen LogP contribution < -0.4 is 15.4 Å². The van der Waals surface area contributed by atoms with Crippen molar-refractivity contribution >= 4 is 33.8 Å². The molecule has 4 aromatic carbocycles. The zero-order valence-corrected chi connectivity index (χ0v) is 19.8. The lowest BCUT2D eigenvalue weighted by Crippen LogP contribution is -2.04. The quantitative estimate of drug-likeness (QED) is 0.255. The zero-order valence-electron chi connectivity index (χ0n) is 18.9. The lowest BCUT2D eigenvalue weighted by molar-refractivity contribution is -0.114. The first-order valence-electron chi connectivity index (χ1n) is 11.0. The second-order valence-electron chi connectivity index (χ2n) is 7.78. The number of aromatic nitrogens is 2. The fourth-order valence-corrected chi connectivity index (χ4v) is 4.36. The van der Waals surface area contributed by atoms with E-state index in [2.05, 4.69) is 45.1 Å². The van der Waals surface area contributed by atoms with Crippen LogP contribution in [0.4, 0.5) is 16.5 Å². The van der Waals surface area contributed by atoms with E-state index in [1.807, 2.05) is 78.9 Å². The van der Waals surface area contributed by atoms with Crippen LogP contribution in [0.3, 0.4) is 0 Å². The van der Waals surface area contributed by atoms with E-state index in [0.717, 1.165) is 44.6 Å². The van der Waals surface area contributed by atoms with E-state index in [1.54, 1.807) is 0 Å². The molecule has 0 saturated heterocycles. The van der Waals surface area contributed by atoms with Crippen LogP contribution >= 0.6 is 11.3 Å². The average Bonchev–Trinajstić information content (AvgIpc) is 3.34. The van der Waals surface area contributed by atoms with Crippen molar-refractivity contribution in [2.75, 3.05) is 10.6 Å². The predicted octanol–water partition coefficient (Wildman–Crippen LogP) is 7.37. The van der Waals surface area contributed by atoms with Crippen molar-refractivity contribution in [1.82, 2.24) is 10.2 Å². The van der Waals surface area contributed by atoms with Crippen LogP contribution in [0.2, 0.25) is 0 Å². The van der Waals surface area contributed by atoms with Gasteiger partial charge < -0.3 is 15.4 Å².